The van der Waals surface area contributed by atoms with Crippen LogP contribution < -0.4 is 5.32 Å². The number of nitrogens with zero attached hydrogens (tertiary/aromatic N) is 2. The Hall–Kier alpha value is -1.92. The molecule has 82 valence electrons. The molecule has 7 nitrogen and oxygen atoms in total. The van der Waals surface area contributed by atoms with Gasteiger partial charge in [-0.2, -0.15) is 5.10 Å². The van der Waals surface area contributed by atoms with Gasteiger partial charge in [-0.1, -0.05) is 0 Å². The number of nitrogens with one attached hydrogen (secondary N) is 2. The van der Waals surface area contributed by atoms with Crippen molar-refractivity contribution in [2.75, 3.05) is 6.54 Å². The fourth-order valence-electron chi connectivity index (χ4n) is 0.921. The first kappa shape index (κ1) is 11.2. The maximum atomic E-state index is 11.2. The Labute approximate surface area is 85.9 Å². The molecule has 1 rings (SSSR count). The molecular formula is C8H12N4O3. The predicted octanol–water partition coefficient (Wildman–Crippen LogP) is -0.816. The Morgan fingerprint density at radius 3 is 2.93 bits per heavy atom. The van der Waals surface area contributed by atoms with Gasteiger partial charge in [0.2, 0.25) is 5.91 Å². The summed E-state index contributed by atoms with van der Waals surface area (Å²) in [5.74, 6) is -2.01. The number of carboxylic acids is 1. The van der Waals surface area contributed by atoms with Gasteiger partial charge in [-0.05, 0) is 6.92 Å². The van der Waals surface area contributed by atoms with Gasteiger partial charge in [0.15, 0.2) is 0 Å². The number of carboxylic acid groups (broad SMARTS) is 1. The number of hydrogen-bond donors (Lipinski definition) is 3. The average molecular weight is 212 g/mol. The molecular weight excluding hydrogens is 200 g/mol. The summed E-state index contributed by atoms with van der Waals surface area (Å²) in [4.78, 5) is 25.5. The van der Waals surface area contributed by atoms with E-state index in [1.165, 1.54) is 13.3 Å². The van der Waals surface area contributed by atoms with Crippen molar-refractivity contribution in [1.29, 1.82) is 0 Å². The van der Waals surface area contributed by atoms with Crippen molar-refractivity contribution in [1.82, 2.24) is 20.5 Å². The molecule has 1 amide bonds. The third-order valence-electron chi connectivity index (χ3n) is 1.89. The first-order chi connectivity index (χ1) is 7.11. The van der Waals surface area contributed by atoms with E-state index in [1.54, 1.807) is 0 Å². The molecule has 0 aromatic carbocycles. The number of carbonyl (C=O) groups is 2. The molecule has 7 heteroatoms. The molecule has 0 saturated heterocycles. The number of rotatable bonds is 5. The van der Waals surface area contributed by atoms with Crippen LogP contribution >= 0.6 is 0 Å². The zero-order valence-corrected chi connectivity index (χ0v) is 8.23. The third kappa shape index (κ3) is 3.37. The molecule has 1 heterocycles. The highest BCUT2D eigenvalue weighted by atomic mass is 16.4. The second kappa shape index (κ2) is 5.08. The van der Waals surface area contributed by atoms with Crippen LogP contribution in [0.5, 0.6) is 0 Å². The molecule has 0 saturated carbocycles. The second-order valence-corrected chi connectivity index (χ2v) is 3.03. The van der Waals surface area contributed by atoms with Crippen LogP contribution in [0.15, 0.2) is 6.33 Å². The summed E-state index contributed by atoms with van der Waals surface area (Å²) in [6.45, 7) is 1.68. The summed E-state index contributed by atoms with van der Waals surface area (Å²) in [5, 5.41) is 17.3. The van der Waals surface area contributed by atoms with Gasteiger partial charge in [0.05, 0.1) is 0 Å². The van der Waals surface area contributed by atoms with E-state index < -0.39 is 17.8 Å². The normalized spacial score (nSPS) is 12.1. The van der Waals surface area contributed by atoms with Crippen molar-refractivity contribution in [3.8, 4) is 0 Å². The number of aromatic nitrogens is 3. The van der Waals surface area contributed by atoms with Gasteiger partial charge in [0.1, 0.15) is 18.1 Å². The minimum absolute atomic E-state index is 0.339. The zero-order valence-electron chi connectivity index (χ0n) is 8.23. The molecule has 15 heavy (non-hydrogen) atoms. The van der Waals surface area contributed by atoms with Crippen LogP contribution in [-0.2, 0) is 16.0 Å². The van der Waals surface area contributed by atoms with E-state index in [0.717, 1.165) is 0 Å². The van der Waals surface area contributed by atoms with Gasteiger partial charge in [-0.3, -0.25) is 14.7 Å². The van der Waals surface area contributed by atoms with E-state index in [1.807, 2.05) is 0 Å². The van der Waals surface area contributed by atoms with Gasteiger partial charge in [-0.15, -0.1) is 0 Å². The van der Waals surface area contributed by atoms with Crippen molar-refractivity contribution < 1.29 is 14.7 Å². The lowest BCUT2D eigenvalue weighted by Crippen LogP contribution is -2.34. The molecule has 0 bridgehead atoms. The van der Waals surface area contributed by atoms with Crippen molar-refractivity contribution in [2.45, 2.75) is 13.3 Å². The summed E-state index contributed by atoms with van der Waals surface area (Å²) in [5.41, 5.74) is 0. The van der Waals surface area contributed by atoms with E-state index in [-0.39, 0.29) is 0 Å². The highest BCUT2D eigenvalue weighted by molar-refractivity contribution is 5.96. The quantitative estimate of drug-likeness (QED) is 0.553. The Kier molecular flexibility index (Phi) is 3.78. The lowest BCUT2D eigenvalue weighted by Gasteiger charge is -2.06. The molecule has 1 atom stereocenters. The van der Waals surface area contributed by atoms with Crippen LogP contribution in [0, 0.1) is 5.92 Å². The topological polar surface area (TPSA) is 108 Å². The van der Waals surface area contributed by atoms with E-state index in [4.69, 9.17) is 5.11 Å². The van der Waals surface area contributed by atoms with Gasteiger partial charge < -0.3 is 10.4 Å². The molecule has 0 spiro atoms. The number of hydrogen-bond acceptors (Lipinski definition) is 4. The molecule has 0 fully saturated rings. The SMILES string of the molecule is CC(C(=O)O)C(=O)NCCc1ncn[nH]1. The number of H-pyrrole nitrogens is 1. The molecule has 0 radical (unpaired) electrons. The van der Waals surface area contributed by atoms with Crippen LogP contribution in [0.2, 0.25) is 0 Å². The molecule has 0 aliphatic heterocycles. The molecule has 1 aromatic heterocycles. The monoisotopic (exact) mass is 212 g/mol. The van der Waals surface area contributed by atoms with Gasteiger partial charge in [0, 0.05) is 13.0 Å². The van der Waals surface area contributed by atoms with Crippen molar-refractivity contribution in [2.24, 2.45) is 5.92 Å². The molecule has 0 aliphatic carbocycles. The lowest BCUT2D eigenvalue weighted by atomic mass is 10.2. The molecule has 1 aromatic rings. The maximum absolute atomic E-state index is 11.2. The fraction of sp³-hybridized carbons (Fsp3) is 0.500. The van der Waals surface area contributed by atoms with Crippen molar-refractivity contribution in [3.63, 3.8) is 0 Å². The highest BCUT2D eigenvalue weighted by Gasteiger charge is 2.19. The van der Waals surface area contributed by atoms with Gasteiger partial charge >= 0.3 is 5.97 Å². The van der Waals surface area contributed by atoms with Crippen LogP contribution in [0.1, 0.15) is 12.7 Å². The zero-order chi connectivity index (χ0) is 11.3. The fourth-order valence-corrected chi connectivity index (χ4v) is 0.921. The summed E-state index contributed by atoms with van der Waals surface area (Å²) in [6.07, 6.45) is 1.87. The van der Waals surface area contributed by atoms with Crippen LogP contribution in [0.4, 0.5) is 0 Å². The first-order valence-electron chi connectivity index (χ1n) is 4.46. The largest absolute Gasteiger partial charge is 0.481 e. The number of carbonyl (C=O) groups excluding carboxylic acids is 1. The second-order valence-electron chi connectivity index (χ2n) is 3.03. The standard InChI is InChI=1S/C8H12N4O3/c1-5(8(14)15)7(13)9-3-2-6-10-4-11-12-6/h4-5H,2-3H2,1H3,(H,9,13)(H,14,15)(H,10,11,12). The van der Waals surface area contributed by atoms with Crippen molar-refractivity contribution in [3.05, 3.63) is 12.2 Å². The minimum Gasteiger partial charge on any atom is -0.481 e. The van der Waals surface area contributed by atoms with Crippen LogP contribution in [0.3, 0.4) is 0 Å². The summed E-state index contributed by atoms with van der Waals surface area (Å²) in [6, 6.07) is 0. The van der Waals surface area contributed by atoms with Gasteiger partial charge in [0.25, 0.3) is 0 Å². The Balaban J connectivity index is 2.26. The van der Waals surface area contributed by atoms with Gasteiger partial charge in [-0.25, -0.2) is 4.98 Å². The maximum Gasteiger partial charge on any atom is 0.315 e. The lowest BCUT2D eigenvalue weighted by molar-refractivity contribution is -0.146. The molecule has 1 unspecified atom stereocenters. The average Bonchev–Trinajstić information content (AvgIpc) is 2.69. The van der Waals surface area contributed by atoms with Crippen molar-refractivity contribution >= 4 is 11.9 Å². The summed E-state index contributed by atoms with van der Waals surface area (Å²) < 4.78 is 0. The van der Waals surface area contributed by atoms with E-state index >= 15 is 0 Å². The van der Waals surface area contributed by atoms with Crippen LogP contribution in [-0.4, -0.2) is 38.7 Å². The number of aromatic amines is 1. The molecule has 3 N–H and O–H groups in total. The minimum atomic E-state index is -1.13. The van der Waals surface area contributed by atoms with E-state index in [2.05, 4.69) is 20.5 Å². The first-order valence-corrected chi connectivity index (χ1v) is 4.46. The van der Waals surface area contributed by atoms with Crippen LogP contribution in [0.25, 0.3) is 0 Å². The number of amides is 1. The molecule has 0 aliphatic rings. The van der Waals surface area contributed by atoms with E-state index in [9.17, 15) is 9.59 Å². The Bertz CT molecular complexity index is 336. The third-order valence-corrected chi connectivity index (χ3v) is 1.89. The summed E-state index contributed by atoms with van der Waals surface area (Å²) in [7, 11) is 0. The summed E-state index contributed by atoms with van der Waals surface area (Å²) >= 11 is 0. The van der Waals surface area contributed by atoms with E-state index in [0.29, 0.717) is 18.8 Å². The smallest absolute Gasteiger partial charge is 0.315 e. The predicted molar refractivity (Wildman–Crippen MR) is 49.9 cm³/mol. The Morgan fingerprint density at radius 2 is 2.40 bits per heavy atom. The Morgan fingerprint density at radius 1 is 1.67 bits per heavy atom. The highest BCUT2D eigenvalue weighted by Crippen LogP contribution is 1.94. The number of aliphatic carboxylic acids is 1.